The molecule has 0 amide bonds. The lowest BCUT2D eigenvalue weighted by atomic mass is 9.86. The molecule has 7 rings (SSSR count). The van der Waals surface area contributed by atoms with E-state index < -0.39 is 0 Å². The summed E-state index contributed by atoms with van der Waals surface area (Å²) in [5.41, 5.74) is 11.7. The minimum atomic E-state index is -0.102. The van der Waals surface area contributed by atoms with E-state index in [0.717, 1.165) is 52.6 Å². The fraction of sp³-hybridized carbons (Fsp3) is 0.373. The van der Waals surface area contributed by atoms with E-state index in [1.807, 2.05) is 6.20 Å². The zero-order chi connectivity index (χ0) is 39.8. The third kappa shape index (κ3) is 7.78. The maximum Gasteiger partial charge on any atom is 0.137 e. The monoisotopic (exact) mass is 744 g/mol. The van der Waals surface area contributed by atoms with Gasteiger partial charge in [-0.25, -0.2) is 9.67 Å². The number of nitrogens with zero attached hydrogens (tertiary/aromatic N) is 4. The maximum absolute atomic E-state index is 6.91. The molecule has 0 radical (unpaired) electrons. The molecule has 3 aromatic heterocycles. The first-order chi connectivity index (χ1) is 26.8. The summed E-state index contributed by atoms with van der Waals surface area (Å²) < 4.78 is 11.4. The molecular weight excluding hydrogens is 685 g/mol. The van der Waals surface area contributed by atoms with Gasteiger partial charge in [0.15, 0.2) is 0 Å². The molecule has 0 aliphatic rings. The molecule has 0 aliphatic heterocycles. The Balaban J connectivity index is 1.37. The molecule has 56 heavy (non-hydrogen) atoms. The normalized spacial score (nSPS) is 12.8. The van der Waals surface area contributed by atoms with Crippen molar-refractivity contribution in [1.29, 1.82) is 0 Å². The number of fused-ring (bicyclic) bond motifs is 3. The van der Waals surface area contributed by atoms with Gasteiger partial charge in [-0.15, -0.1) is 0 Å². The van der Waals surface area contributed by atoms with Gasteiger partial charge in [-0.3, -0.25) is 4.57 Å². The van der Waals surface area contributed by atoms with E-state index in [4.69, 9.17) is 14.8 Å². The summed E-state index contributed by atoms with van der Waals surface area (Å²) in [6, 6.07) is 35.3. The van der Waals surface area contributed by atoms with Crippen molar-refractivity contribution in [3.63, 3.8) is 0 Å². The highest BCUT2D eigenvalue weighted by Crippen LogP contribution is 2.39. The summed E-state index contributed by atoms with van der Waals surface area (Å²) in [4.78, 5) is 4.97. The Morgan fingerprint density at radius 2 is 1.45 bits per heavy atom. The molecule has 0 spiro atoms. The predicted molar refractivity (Wildman–Crippen MR) is 236 cm³/mol. The van der Waals surface area contributed by atoms with E-state index >= 15 is 0 Å². The Morgan fingerprint density at radius 3 is 2.14 bits per heavy atom. The first-order valence-corrected chi connectivity index (χ1v) is 20.9. The van der Waals surface area contributed by atoms with Crippen molar-refractivity contribution >= 4 is 21.8 Å². The van der Waals surface area contributed by atoms with E-state index in [0.29, 0.717) is 5.92 Å². The maximum atomic E-state index is 6.91. The Bertz CT molecular complexity index is 2470. The second kappa shape index (κ2) is 15.8. The van der Waals surface area contributed by atoms with Gasteiger partial charge in [0.25, 0.3) is 0 Å². The van der Waals surface area contributed by atoms with Gasteiger partial charge in [0.2, 0.25) is 0 Å². The van der Waals surface area contributed by atoms with Crippen LogP contribution in [-0.2, 0) is 23.7 Å². The van der Waals surface area contributed by atoms with Crippen molar-refractivity contribution in [3.05, 3.63) is 131 Å². The van der Waals surface area contributed by atoms with E-state index in [2.05, 4.69) is 176 Å². The molecule has 5 heteroatoms. The summed E-state index contributed by atoms with van der Waals surface area (Å²) in [6.45, 7) is 22.6. The standard InChI is InChI=1S/C51H60N4O/c1-11-14-16-19-34(4)36-22-25-46-43(28-36)42-24-23-40(33-47(42)54(46)48-31-37(26-27-52-48)50(5,6)7)56-41-30-38(51(8,9)10)29-39(32-41)55-45(13-3)49(44(12-2)53-55)35-20-17-15-18-21-35/h15,17-18,20-34H,11-14,16,19H2,1-10H3. The average molecular weight is 745 g/mol. The van der Waals surface area contributed by atoms with Crippen LogP contribution < -0.4 is 4.74 Å². The van der Waals surface area contributed by atoms with Gasteiger partial charge in [-0.2, -0.15) is 5.10 Å². The Hall–Kier alpha value is -5.16. The lowest BCUT2D eigenvalue weighted by Crippen LogP contribution is -2.13. The largest absolute Gasteiger partial charge is 0.457 e. The molecule has 3 heterocycles. The van der Waals surface area contributed by atoms with E-state index in [1.165, 1.54) is 70.0 Å². The minimum Gasteiger partial charge on any atom is -0.457 e. The molecule has 7 aromatic rings. The van der Waals surface area contributed by atoms with Crippen molar-refractivity contribution < 1.29 is 4.74 Å². The molecule has 290 valence electrons. The van der Waals surface area contributed by atoms with Crippen molar-refractivity contribution in [2.45, 2.75) is 125 Å². The average Bonchev–Trinajstić information content (AvgIpc) is 3.72. The fourth-order valence-electron chi connectivity index (χ4n) is 8.07. The van der Waals surface area contributed by atoms with Crippen molar-refractivity contribution in [3.8, 4) is 34.1 Å². The second-order valence-corrected chi connectivity index (χ2v) is 17.7. The Kier molecular flexibility index (Phi) is 11.0. The van der Waals surface area contributed by atoms with Crippen LogP contribution in [0.25, 0.3) is 44.4 Å². The smallest absolute Gasteiger partial charge is 0.137 e. The number of aryl methyl sites for hydroxylation is 1. The van der Waals surface area contributed by atoms with Gasteiger partial charge in [0, 0.05) is 34.7 Å². The highest BCUT2D eigenvalue weighted by Gasteiger charge is 2.23. The molecule has 0 saturated carbocycles. The number of hydrogen-bond donors (Lipinski definition) is 0. The van der Waals surface area contributed by atoms with E-state index in [1.54, 1.807) is 0 Å². The van der Waals surface area contributed by atoms with Crippen LogP contribution in [0.15, 0.2) is 103 Å². The molecule has 1 atom stereocenters. The van der Waals surface area contributed by atoms with Crippen LogP contribution in [0.4, 0.5) is 0 Å². The van der Waals surface area contributed by atoms with E-state index in [-0.39, 0.29) is 10.8 Å². The Morgan fingerprint density at radius 1 is 0.679 bits per heavy atom. The topological polar surface area (TPSA) is 44.9 Å². The van der Waals surface area contributed by atoms with Crippen LogP contribution in [-0.4, -0.2) is 19.3 Å². The summed E-state index contributed by atoms with van der Waals surface area (Å²) >= 11 is 0. The van der Waals surface area contributed by atoms with Crippen molar-refractivity contribution in [2.24, 2.45) is 0 Å². The van der Waals surface area contributed by atoms with Gasteiger partial charge >= 0.3 is 0 Å². The van der Waals surface area contributed by atoms with Crippen LogP contribution in [0, 0.1) is 0 Å². The fourth-order valence-corrected chi connectivity index (χ4v) is 8.07. The molecule has 0 fully saturated rings. The molecule has 1 unspecified atom stereocenters. The van der Waals surface area contributed by atoms with Crippen molar-refractivity contribution in [1.82, 2.24) is 19.3 Å². The quantitative estimate of drug-likeness (QED) is 0.117. The number of rotatable bonds is 12. The van der Waals surface area contributed by atoms with Crippen LogP contribution in [0.1, 0.15) is 129 Å². The summed E-state index contributed by atoms with van der Waals surface area (Å²) in [7, 11) is 0. The third-order valence-corrected chi connectivity index (χ3v) is 11.4. The zero-order valence-electron chi connectivity index (χ0n) is 35.3. The number of hydrogen-bond acceptors (Lipinski definition) is 3. The molecule has 0 saturated heterocycles. The lowest BCUT2D eigenvalue weighted by Gasteiger charge is -2.22. The number of benzene rings is 4. The molecular formula is C51H60N4O. The van der Waals surface area contributed by atoms with Crippen LogP contribution in [0.2, 0.25) is 0 Å². The van der Waals surface area contributed by atoms with Crippen LogP contribution in [0.5, 0.6) is 11.5 Å². The molecule has 0 N–H and O–H groups in total. The SMILES string of the molecule is CCCCCC(C)c1ccc2c(c1)c1ccc(Oc3cc(-n4nc(CC)c(-c5ccccc5)c4CC)cc(C(C)(C)C)c3)cc1n2-c1cc(C(C)(C)C)ccn1. The van der Waals surface area contributed by atoms with Gasteiger partial charge in [0.1, 0.15) is 17.3 Å². The summed E-state index contributed by atoms with van der Waals surface area (Å²) in [5.74, 6) is 3.00. The van der Waals surface area contributed by atoms with Gasteiger partial charge in [0.05, 0.1) is 28.1 Å². The lowest BCUT2D eigenvalue weighted by molar-refractivity contribution is 0.478. The molecule has 5 nitrogen and oxygen atoms in total. The van der Waals surface area contributed by atoms with Crippen LogP contribution in [0.3, 0.4) is 0 Å². The number of pyridine rings is 1. The predicted octanol–water partition coefficient (Wildman–Crippen LogP) is 14.2. The number of unbranched alkanes of at least 4 members (excludes halogenated alkanes) is 2. The highest BCUT2D eigenvalue weighted by molar-refractivity contribution is 6.09. The van der Waals surface area contributed by atoms with Gasteiger partial charge in [-0.1, -0.05) is 125 Å². The first-order valence-electron chi connectivity index (χ1n) is 20.9. The highest BCUT2D eigenvalue weighted by atomic mass is 16.5. The Labute approximate surface area is 334 Å². The third-order valence-electron chi connectivity index (χ3n) is 11.4. The summed E-state index contributed by atoms with van der Waals surface area (Å²) in [6.07, 6.45) is 8.64. The molecule has 4 aromatic carbocycles. The van der Waals surface area contributed by atoms with Crippen LogP contribution >= 0.6 is 0 Å². The molecule has 0 aliphatic carbocycles. The van der Waals surface area contributed by atoms with Gasteiger partial charge < -0.3 is 4.74 Å². The minimum absolute atomic E-state index is 0.00639. The number of aromatic nitrogens is 4. The first kappa shape index (κ1) is 39.1. The van der Waals surface area contributed by atoms with E-state index in [9.17, 15) is 0 Å². The van der Waals surface area contributed by atoms with Crippen molar-refractivity contribution in [2.75, 3.05) is 0 Å². The zero-order valence-corrected chi connectivity index (χ0v) is 35.3. The molecule has 0 bridgehead atoms. The summed E-state index contributed by atoms with van der Waals surface area (Å²) in [5, 5.41) is 7.69. The number of ether oxygens (including phenoxy) is 1. The van der Waals surface area contributed by atoms with Gasteiger partial charge in [-0.05, 0) is 107 Å². The second-order valence-electron chi connectivity index (χ2n) is 17.7.